The Morgan fingerprint density at radius 2 is 1.83 bits per heavy atom. The van der Waals surface area contributed by atoms with Crippen molar-refractivity contribution in [1.82, 2.24) is 9.80 Å². The molecule has 1 amide bonds. The largest absolute Gasteiger partial charge is 0.497 e. The lowest BCUT2D eigenvalue weighted by molar-refractivity contribution is -0.138. The Labute approximate surface area is 170 Å². The molecule has 0 bridgehead atoms. The number of rotatable bonds is 8. The Kier molecular flexibility index (Phi) is 8.19. The minimum atomic E-state index is -4.46. The van der Waals surface area contributed by atoms with Gasteiger partial charge in [-0.1, -0.05) is 6.92 Å². The summed E-state index contributed by atoms with van der Waals surface area (Å²) in [6, 6.07) is 3.41. The summed E-state index contributed by atoms with van der Waals surface area (Å²) in [6.45, 7) is 4.39. The maximum atomic E-state index is 13.0. The summed E-state index contributed by atoms with van der Waals surface area (Å²) in [6.07, 6.45) is -2.10. The first-order valence-electron chi connectivity index (χ1n) is 9.96. The first-order valence-corrected chi connectivity index (χ1v) is 9.96. The third kappa shape index (κ3) is 6.80. The molecule has 0 aliphatic carbocycles. The molecule has 1 unspecified atom stereocenters. The highest BCUT2D eigenvalue weighted by atomic mass is 19.4. The number of methoxy groups -OCH3 is 1. The van der Waals surface area contributed by atoms with E-state index >= 15 is 0 Å². The van der Waals surface area contributed by atoms with Crippen molar-refractivity contribution in [2.45, 2.75) is 32.4 Å². The Morgan fingerprint density at radius 3 is 2.34 bits per heavy atom. The highest BCUT2D eigenvalue weighted by molar-refractivity contribution is 5.79. The fraction of sp³-hybridized carbons (Fsp3) is 0.667. The average molecular weight is 416 g/mol. The van der Waals surface area contributed by atoms with Gasteiger partial charge in [0, 0.05) is 25.7 Å². The van der Waals surface area contributed by atoms with Crippen LogP contribution in [0.4, 0.5) is 13.2 Å². The van der Waals surface area contributed by atoms with Gasteiger partial charge in [0.05, 0.1) is 25.2 Å². The number of alkyl halides is 3. The van der Waals surface area contributed by atoms with E-state index in [2.05, 4.69) is 0 Å². The number of benzene rings is 1. The van der Waals surface area contributed by atoms with Crippen LogP contribution in [0.3, 0.4) is 0 Å². The van der Waals surface area contributed by atoms with Crippen molar-refractivity contribution in [1.29, 1.82) is 0 Å². The number of nitrogens with zero attached hydrogens (tertiary/aromatic N) is 2. The normalized spacial score (nSPS) is 16.8. The van der Waals surface area contributed by atoms with Gasteiger partial charge >= 0.3 is 6.18 Å². The van der Waals surface area contributed by atoms with Crippen molar-refractivity contribution < 1.29 is 27.4 Å². The molecule has 1 fully saturated rings. The van der Waals surface area contributed by atoms with Crippen LogP contribution < -0.4 is 9.47 Å². The van der Waals surface area contributed by atoms with E-state index in [1.54, 1.807) is 0 Å². The number of halogens is 3. The summed E-state index contributed by atoms with van der Waals surface area (Å²) in [5.41, 5.74) is -0.793. The van der Waals surface area contributed by atoms with Crippen LogP contribution in [0, 0.1) is 11.8 Å². The van der Waals surface area contributed by atoms with Crippen LogP contribution in [0.2, 0.25) is 0 Å². The van der Waals surface area contributed by atoms with Gasteiger partial charge in [0.1, 0.15) is 11.5 Å². The summed E-state index contributed by atoms with van der Waals surface area (Å²) in [5.74, 6) is 0.640. The number of carbonyl (C=O) groups is 1. The third-order valence-corrected chi connectivity index (χ3v) is 5.28. The van der Waals surface area contributed by atoms with Gasteiger partial charge in [0.2, 0.25) is 5.91 Å². The van der Waals surface area contributed by atoms with Crippen LogP contribution >= 0.6 is 0 Å². The lowest BCUT2D eigenvalue weighted by atomic mass is 9.95. The highest BCUT2D eigenvalue weighted by Gasteiger charge is 2.32. The fourth-order valence-electron chi connectivity index (χ4n) is 3.55. The van der Waals surface area contributed by atoms with Crippen LogP contribution in [0.5, 0.6) is 11.5 Å². The summed E-state index contributed by atoms with van der Waals surface area (Å²) >= 11 is 0. The molecule has 1 heterocycles. The maximum Gasteiger partial charge on any atom is 0.416 e. The minimum Gasteiger partial charge on any atom is -0.497 e. The number of carbonyl (C=O) groups excluding carboxylic acids is 1. The van der Waals surface area contributed by atoms with E-state index in [1.165, 1.54) is 13.2 Å². The molecule has 1 aromatic carbocycles. The maximum absolute atomic E-state index is 13.0. The van der Waals surface area contributed by atoms with Crippen molar-refractivity contribution in [3.63, 3.8) is 0 Å². The summed E-state index contributed by atoms with van der Waals surface area (Å²) in [5, 5.41) is 0. The molecule has 164 valence electrons. The molecule has 5 nitrogen and oxygen atoms in total. The summed E-state index contributed by atoms with van der Waals surface area (Å²) < 4.78 is 49.7. The van der Waals surface area contributed by atoms with Crippen LogP contribution in [0.25, 0.3) is 0 Å². The highest BCUT2D eigenvalue weighted by Crippen LogP contribution is 2.35. The molecule has 1 aromatic rings. The van der Waals surface area contributed by atoms with Crippen molar-refractivity contribution in [2.75, 3.05) is 47.4 Å². The Morgan fingerprint density at radius 1 is 1.21 bits per heavy atom. The summed E-state index contributed by atoms with van der Waals surface area (Å²) in [4.78, 5) is 16.6. The molecule has 2 rings (SSSR count). The second-order valence-electron chi connectivity index (χ2n) is 7.84. The smallest absolute Gasteiger partial charge is 0.416 e. The molecule has 8 heteroatoms. The van der Waals surface area contributed by atoms with Gasteiger partial charge in [-0.2, -0.15) is 13.2 Å². The van der Waals surface area contributed by atoms with E-state index in [0.29, 0.717) is 19.7 Å². The monoisotopic (exact) mass is 416 g/mol. The van der Waals surface area contributed by atoms with Crippen molar-refractivity contribution in [3.05, 3.63) is 23.8 Å². The van der Waals surface area contributed by atoms with Gasteiger partial charge in [0.25, 0.3) is 0 Å². The quantitative estimate of drug-likeness (QED) is 0.644. The molecule has 1 saturated heterocycles. The molecule has 1 aliphatic rings. The zero-order chi connectivity index (χ0) is 21.6. The average Bonchev–Trinajstić information content (AvgIpc) is 2.69. The molecule has 0 radical (unpaired) electrons. The number of hydrogen-bond acceptors (Lipinski definition) is 4. The van der Waals surface area contributed by atoms with Gasteiger partial charge in [-0.15, -0.1) is 0 Å². The number of hydrogen-bond donors (Lipinski definition) is 0. The standard InChI is InChI=1S/C21H31F3N2O3/c1-5-16(13-25(2)3)20(27)26-8-6-15(7-9-26)14-29-19-11-17(21(22,23)24)10-18(12-19)28-4/h10-12,15-16H,5-9,13-14H2,1-4H3. The van der Waals surface area contributed by atoms with Crippen LogP contribution in [0.15, 0.2) is 18.2 Å². The SMILES string of the molecule is CCC(CN(C)C)C(=O)N1CCC(COc2cc(OC)cc(C(F)(F)F)c2)CC1. The van der Waals surface area contributed by atoms with Crippen LogP contribution in [-0.2, 0) is 11.0 Å². The van der Waals surface area contributed by atoms with Crippen molar-refractivity contribution in [2.24, 2.45) is 11.8 Å². The number of likely N-dealkylation sites (tertiary alicyclic amines) is 1. The van der Waals surface area contributed by atoms with E-state index in [4.69, 9.17) is 9.47 Å². The van der Waals surface area contributed by atoms with Gasteiger partial charge < -0.3 is 19.3 Å². The Bertz CT molecular complexity index is 672. The van der Waals surface area contributed by atoms with E-state index in [9.17, 15) is 18.0 Å². The van der Waals surface area contributed by atoms with E-state index in [-0.39, 0.29) is 29.2 Å². The Hall–Kier alpha value is -1.96. The number of ether oxygens (including phenoxy) is 2. The third-order valence-electron chi connectivity index (χ3n) is 5.28. The molecule has 1 aliphatic heterocycles. The first kappa shape index (κ1) is 23.3. The van der Waals surface area contributed by atoms with Gasteiger partial charge in [-0.25, -0.2) is 0 Å². The van der Waals surface area contributed by atoms with Crippen molar-refractivity contribution in [3.8, 4) is 11.5 Å². The Balaban J connectivity index is 1.89. The zero-order valence-electron chi connectivity index (χ0n) is 17.6. The molecule has 0 spiro atoms. The predicted octanol–water partition coefficient (Wildman–Crippen LogP) is 3.92. The molecule has 0 N–H and O–H groups in total. The molecular weight excluding hydrogens is 385 g/mol. The molecule has 0 aromatic heterocycles. The van der Waals surface area contributed by atoms with Crippen molar-refractivity contribution >= 4 is 5.91 Å². The zero-order valence-corrected chi connectivity index (χ0v) is 17.6. The predicted molar refractivity (Wildman–Crippen MR) is 105 cm³/mol. The van der Waals surface area contributed by atoms with E-state index < -0.39 is 11.7 Å². The van der Waals surface area contributed by atoms with Gasteiger partial charge in [-0.05, 0) is 51.4 Å². The minimum absolute atomic E-state index is 0.00428. The second kappa shape index (κ2) is 10.2. The molecule has 1 atom stereocenters. The topological polar surface area (TPSA) is 42.0 Å². The molecular formula is C21H31F3N2O3. The molecule has 29 heavy (non-hydrogen) atoms. The van der Waals surface area contributed by atoms with E-state index in [0.717, 1.165) is 37.9 Å². The van der Waals surface area contributed by atoms with Gasteiger partial charge in [-0.3, -0.25) is 4.79 Å². The van der Waals surface area contributed by atoms with E-state index in [1.807, 2.05) is 30.8 Å². The fourth-order valence-corrected chi connectivity index (χ4v) is 3.55. The first-order chi connectivity index (χ1) is 13.6. The molecule has 0 saturated carbocycles. The lowest BCUT2D eigenvalue weighted by Crippen LogP contribution is -2.44. The number of amides is 1. The summed E-state index contributed by atoms with van der Waals surface area (Å²) in [7, 11) is 5.25. The van der Waals surface area contributed by atoms with Gasteiger partial charge in [0.15, 0.2) is 0 Å². The number of piperidine rings is 1. The second-order valence-corrected chi connectivity index (χ2v) is 7.84. The van der Waals surface area contributed by atoms with Crippen LogP contribution in [-0.4, -0.2) is 63.2 Å². The lowest BCUT2D eigenvalue weighted by Gasteiger charge is -2.34. The van der Waals surface area contributed by atoms with Crippen LogP contribution in [0.1, 0.15) is 31.7 Å².